The molecule has 0 unspecified atom stereocenters. The highest BCUT2D eigenvalue weighted by Crippen LogP contribution is 2.76. The Labute approximate surface area is 391 Å². The van der Waals surface area contributed by atoms with Crippen molar-refractivity contribution in [2.75, 3.05) is 26.9 Å². The lowest BCUT2D eigenvalue weighted by molar-refractivity contribution is -0.358. The van der Waals surface area contributed by atoms with E-state index >= 15 is 0 Å². The number of hydrogen-bond acceptors (Lipinski definition) is 19. The molecule has 0 aromatic carbocycles. The van der Waals surface area contributed by atoms with Crippen molar-refractivity contribution in [1.29, 1.82) is 0 Å². The molecular formula is C48H76O19. The summed E-state index contributed by atoms with van der Waals surface area (Å²) < 4.78 is 40.3. The summed E-state index contributed by atoms with van der Waals surface area (Å²) in [5, 5.41) is 107. The van der Waals surface area contributed by atoms with Crippen LogP contribution in [0.3, 0.4) is 0 Å². The predicted octanol–water partition coefficient (Wildman–Crippen LogP) is -0.0673. The zero-order chi connectivity index (χ0) is 49.0. The van der Waals surface area contributed by atoms with Gasteiger partial charge in [-0.25, -0.2) is 4.79 Å². The predicted molar refractivity (Wildman–Crippen MR) is 231 cm³/mol. The van der Waals surface area contributed by atoms with Gasteiger partial charge in [0.2, 0.25) is 6.29 Å². The largest absolute Gasteiger partial charge is 0.467 e. The lowest BCUT2D eigenvalue weighted by Crippen LogP contribution is -2.67. The molecule has 23 atom stereocenters. The van der Waals surface area contributed by atoms with Crippen LogP contribution >= 0.6 is 0 Å². The SMILES string of the molecule is COC(=O)[C@H]1O[C@@H](O[C@H]2CC[C@@]3(C)[C@@H](CC[C@]4(C)[C@@H]3CC=C3[C@@H]5CC(C)(C)CC[C@]5(C(=O)O[C@@H]5O[C@H](CO)[C@@H](O)[C@H](O)[C@H]5O)CC[C@]34C)[C@]2(C)CO)[C@H](O)[C@@H](O[C@@H]2OC[C@@H](O)[C@H](O)[C@H]2O)[C@@H]1O. The van der Waals surface area contributed by atoms with E-state index in [9.17, 15) is 60.7 Å². The van der Waals surface area contributed by atoms with Crippen LogP contribution in [0, 0.1) is 50.2 Å². The first kappa shape index (κ1) is 51.4. The van der Waals surface area contributed by atoms with Crippen LogP contribution in [0.25, 0.3) is 0 Å². The number of esters is 2. The van der Waals surface area contributed by atoms with Crippen molar-refractivity contribution in [1.82, 2.24) is 0 Å². The molecule has 3 saturated heterocycles. The maximum absolute atomic E-state index is 14.7. The molecule has 0 radical (unpaired) electrons. The summed E-state index contributed by atoms with van der Waals surface area (Å²) in [7, 11) is 1.11. The molecule has 3 aliphatic heterocycles. The molecule has 8 aliphatic rings. The molecular weight excluding hydrogens is 881 g/mol. The summed E-state index contributed by atoms with van der Waals surface area (Å²) in [4.78, 5) is 27.6. The fraction of sp³-hybridized carbons (Fsp3) is 0.917. The molecule has 67 heavy (non-hydrogen) atoms. The third-order valence-electron chi connectivity index (χ3n) is 19.2. The Morgan fingerprint density at radius 2 is 1.40 bits per heavy atom. The van der Waals surface area contributed by atoms with Gasteiger partial charge in [-0.2, -0.15) is 0 Å². The maximum atomic E-state index is 14.7. The smallest absolute Gasteiger partial charge is 0.337 e. The Morgan fingerprint density at radius 1 is 0.716 bits per heavy atom. The Morgan fingerprint density at radius 3 is 2.07 bits per heavy atom. The van der Waals surface area contributed by atoms with Gasteiger partial charge in [-0.3, -0.25) is 4.79 Å². The molecule has 0 aromatic heterocycles. The monoisotopic (exact) mass is 956 g/mol. The molecule has 0 amide bonds. The van der Waals surface area contributed by atoms with Gasteiger partial charge in [0.15, 0.2) is 18.7 Å². The molecule has 5 aliphatic carbocycles. The van der Waals surface area contributed by atoms with Crippen molar-refractivity contribution in [3.63, 3.8) is 0 Å². The number of carbonyl (C=O) groups is 2. The lowest BCUT2D eigenvalue weighted by Gasteiger charge is -2.71. The first-order valence-electron chi connectivity index (χ1n) is 24.3. The van der Waals surface area contributed by atoms with Crippen LogP contribution in [0.5, 0.6) is 0 Å². The molecule has 0 spiro atoms. The van der Waals surface area contributed by atoms with Crippen molar-refractivity contribution >= 4 is 11.9 Å². The average Bonchev–Trinajstić information content (AvgIpc) is 3.29. The molecule has 382 valence electrons. The molecule has 7 fully saturated rings. The van der Waals surface area contributed by atoms with Gasteiger partial charge in [0.25, 0.3) is 0 Å². The van der Waals surface area contributed by atoms with Crippen molar-refractivity contribution < 1.29 is 93.8 Å². The van der Waals surface area contributed by atoms with E-state index < -0.39 is 128 Å². The second-order valence-electron chi connectivity index (χ2n) is 23.1. The van der Waals surface area contributed by atoms with Gasteiger partial charge >= 0.3 is 11.9 Å². The van der Waals surface area contributed by atoms with Crippen molar-refractivity contribution in [3.05, 3.63) is 11.6 Å². The number of methoxy groups -OCH3 is 1. The van der Waals surface area contributed by atoms with Gasteiger partial charge in [0.05, 0.1) is 38.4 Å². The molecule has 10 N–H and O–H groups in total. The summed E-state index contributed by atoms with van der Waals surface area (Å²) >= 11 is 0. The van der Waals surface area contributed by atoms with E-state index in [-0.39, 0.29) is 46.0 Å². The summed E-state index contributed by atoms with van der Waals surface area (Å²) in [6.07, 6.45) is -14.4. The molecule has 3 heterocycles. The van der Waals surface area contributed by atoms with Crippen LogP contribution in [0.15, 0.2) is 11.6 Å². The van der Waals surface area contributed by atoms with Crippen LogP contribution in [0.2, 0.25) is 0 Å². The minimum absolute atomic E-state index is 0.0846. The number of allylic oxidation sites excluding steroid dienone is 2. The third-order valence-corrected chi connectivity index (χ3v) is 19.2. The Kier molecular flexibility index (Phi) is 14.0. The Balaban J connectivity index is 1.05. The number of rotatable bonds is 9. The van der Waals surface area contributed by atoms with Gasteiger partial charge in [-0.1, -0.05) is 53.2 Å². The van der Waals surface area contributed by atoms with Gasteiger partial charge < -0.3 is 84.2 Å². The standard InChI is InChI=1S/C48H76O19/c1-43(2)14-16-48(42(60)67-40-33(56)31(54)30(53)25(19-49)63-40)17-15-46(5)22(23(48)18-43)8-9-27-44(3)12-11-28(45(4,21-50)26(44)10-13-47(27,46)6)64-41-35(58)36(34(57)37(66-41)38(59)61-7)65-39-32(55)29(52)24(51)20-62-39/h8,23-37,39-41,49-58H,9-21H2,1-7H3/t23-,24+,25+,26+,27+,28-,29-,30+,31-,32+,33+,34-,35+,36-,37-,39-,40-,41+,44-,45-,46+,47+,48-/m0/s1. The van der Waals surface area contributed by atoms with Gasteiger partial charge in [-0.05, 0) is 104 Å². The van der Waals surface area contributed by atoms with Gasteiger partial charge in [0, 0.05) is 5.41 Å². The molecule has 19 heteroatoms. The van der Waals surface area contributed by atoms with Crippen LogP contribution in [0.4, 0.5) is 0 Å². The molecule has 19 nitrogen and oxygen atoms in total. The van der Waals surface area contributed by atoms with Crippen LogP contribution in [0.1, 0.15) is 106 Å². The second kappa shape index (κ2) is 18.3. The summed E-state index contributed by atoms with van der Waals surface area (Å²) in [5.41, 5.74) is -1.57. The molecule has 0 bridgehead atoms. The van der Waals surface area contributed by atoms with Crippen molar-refractivity contribution in [2.24, 2.45) is 50.2 Å². The van der Waals surface area contributed by atoms with E-state index in [1.54, 1.807) is 0 Å². The van der Waals surface area contributed by atoms with Crippen molar-refractivity contribution in [2.45, 2.75) is 198 Å². The minimum Gasteiger partial charge on any atom is -0.467 e. The quantitative estimate of drug-likeness (QED) is 0.0822. The summed E-state index contributed by atoms with van der Waals surface area (Å²) in [6, 6.07) is 0. The highest BCUT2D eigenvalue weighted by molar-refractivity contribution is 5.79. The van der Waals surface area contributed by atoms with E-state index in [1.165, 1.54) is 5.57 Å². The fourth-order valence-electron chi connectivity index (χ4n) is 14.9. The first-order valence-corrected chi connectivity index (χ1v) is 24.3. The maximum Gasteiger partial charge on any atom is 0.337 e. The zero-order valence-electron chi connectivity index (χ0n) is 39.8. The molecule has 0 aromatic rings. The van der Waals surface area contributed by atoms with E-state index in [1.807, 2.05) is 6.92 Å². The van der Waals surface area contributed by atoms with E-state index in [2.05, 4.69) is 40.7 Å². The Bertz CT molecular complexity index is 1860. The van der Waals surface area contributed by atoms with E-state index in [4.69, 9.17) is 33.2 Å². The fourth-order valence-corrected chi connectivity index (χ4v) is 14.9. The molecule has 4 saturated carbocycles. The highest BCUT2D eigenvalue weighted by atomic mass is 16.7. The van der Waals surface area contributed by atoms with Gasteiger partial charge in [0.1, 0.15) is 61.0 Å². The normalized spacial score (nSPS) is 52.9. The van der Waals surface area contributed by atoms with E-state index in [0.717, 1.165) is 39.2 Å². The van der Waals surface area contributed by atoms with Crippen LogP contribution in [-0.2, 0) is 42.7 Å². The number of aliphatic hydroxyl groups is 10. The third kappa shape index (κ3) is 8.06. The van der Waals surface area contributed by atoms with Gasteiger partial charge in [-0.15, -0.1) is 0 Å². The first-order chi connectivity index (χ1) is 31.4. The Hall–Kier alpha value is -1.92. The van der Waals surface area contributed by atoms with Crippen LogP contribution in [-0.4, -0.2) is 182 Å². The molecule has 8 rings (SSSR count). The lowest BCUT2D eigenvalue weighted by atomic mass is 9.33. The summed E-state index contributed by atoms with van der Waals surface area (Å²) in [5.74, 6) is -1.62. The summed E-state index contributed by atoms with van der Waals surface area (Å²) in [6.45, 7) is 12.1. The number of hydrogen-bond donors (Lipinski definition) is 10. The number of aliphatic hydroxyl groups excluding tert-OH is 10. The number of carbonyl (C=O) groups excluding carboxylic acids is 2. The zero-order valence-corrected chi connectivity index (χ0v) is 39.8. The second-order valence-corrected chi connectivity index (χ2v) is 23.1. The number of ether oxygens (including phenoxy) is 7. The topological polar surface area (TPSA) is 301 Å². The highest BCUT2D eigenvalue weighted by Gasteiger charge is 2.70. The minimum atomic E-state index is -1.82. The number of fused-ring (bicyclic) bond motifs is 7. The van der Waals surface area contributed by atoms with Crippen LogP contribution < -0.4 is 0 Å². The van der Waals surface area contributed by atoms with E-state index in [0.29, 0.717) is 32.1 Å². The average molecular weight is 957 g/mol. The van der Waals surface area contributed by atoms with Crippen molar-refractivity contribution in [3.8, 4) is 0 Å².